The molecule has 2 aromatic heterocycles. The maximum Gasteiger partial charge on any atom is 0.469 e. The van der Waals surface area contributed by atoms with Crippen molar-refractivity contribution in [1.82, 2.24) is 40.0 Å². The van der Waals surface area contributed by atoms with E-state index in [1.54, 1.807) is 24.9 Å². The molecule has 1 unspecified atom stereocenters. The molecule has 0 spiro atoms. The Morgan fingerprint density at radius 3 is 1.89 bits per heavy atom. The van der Waals surface area contributed by atoms with E-state index in [9.17, 15) is 43.7 Å². The van der Waals surface area contributed by atoms with E-state index >= 15 is 0 Å². The van der Waals surface area contributed by atoms with Crippen LogP contribution < -0.4 is 21.7 Å². The molecule has 12 atom stereocenters. The van der Waals surface area contributed by atoms with E-state index in [1.165, 1.54) is 40.5 Å². The molecular weight excluding hydrogens is 1080 g/mol. The molecule has 2 saturated carbocycles. The zero-order chi connectivity index (χ0) is 55.9. The van der Waals surface area contributed by atoms with Crippen molar-refractivity contribution in [2.24, 2.45) is 17.6 Å². The topological polar surface area (TPSA) is 464 Å². The number of carbonyl (C=O) groups excluding carboxylic acids is 2. The zero-order valence-electron chi connectivity index (χ0n) is 41.1. The van der Waals surface area contributed by atoms with Crippen LogP contribution in [0.4, 0.5) is 5.82 Å². The predicted octanol–water partition coefficient (Wildman–Crippen LogP) is -2.23. The molecule has 0 bridgehead atoms. The molecule has 8 rings (SSSR count). The average Bonchev–Trinajstić information content (AvgIpc) is 4.12. The van der Waals surface area contributed by atoms with Gasteiger partial charge in [-0.1, -0.05) is 13.2 Å². The number of phosphoric ester groups is 3. The number of aliphatic hydroxyl groups excluding tert-OH is 4. The van der Waals surface area contributed by atoms with Crippen LogP contribution in [0.15, 0.2) is 62.0 Å². The minimum atomic E-state index is -4.75. The number of nitrogens with zero attached hydrogens (tertiary/aromatic N) is 6. The Hall–Kier alpha value is -4.18. The number of nitrogens with two attached hydrogens (primary N) is 1. The van der Waals surface area contributed by atoms with Crippen molar-refractivity contribution in [2.75, 3.05) is 51.4 Å². The van der Waals surface area contributed by atoms with E-state index in [1.807, 2.05) is 0 Å². The second kappa shape index (κ2) is 25.7. The van der Waals surface area contributed by atoms with Crippen LogP contribution in [0, 0.1) is 11.8 Å². The molecule has 35 heteroatoms. The first kappa shape index (κ1) is 61.0. The number of nitrogens with one attached hydrogen (secondary N) is 3. The van der Waals surface area contributed by atoms with Gasteiger partial charge in [0.15, 0.2) is 29.0 Å². The lowest BCUT2D eigenvalue weighted by atomic mass is 10.1. The zero-order valence-corrected chi connectivity index (χ0v) is 43.7. The summed E-state index contributed by atoms with van der Waals surface area (Å²) in [6, 6.07) is -0.763. The van der Waals surface area contributed by atoms with Crippen LogP contribution in [0.5, 0.6) is 0 Å². The molecule has 4 fully saturated rings. The molecule has 4 aliphatic heterocycles. The van der Waals surface area contributed by atoms with Crippen molar-refractivity contribution < 1.29 is 106 Å². The van der Waals surface area contributed by atoms with Gasteiger partial charge in [0.2, 0.25) is 0 Å². The van der Waals surface area contributed by atoms with E-state index in [0.29, 0.717) is 55.5 Å². The van der Waals surface area contributed by atoms with Crippen LogP contribution in [0.25, 0.3) is 11.2 Å². The van der Waals surface area contributed by atoms with Gasteiger partial charge >= 0.3 is 23.5 Å². The van der Waals surface area contributed by atoms with Crippen LogP contribution in [0.1, 0.15) is 45.8 Å². The maximum atomic E-state index is 11.4. The van der Waals surface area contributed by atoms with E-state index in [-0.39, 0.29) is 61.4 Å². The number of hydrogen-bond acceptors (Lipinski definition) is 23. The van der Waals surface area contributed by atoms with Gasteiger partial charge in [0, 0.05) is 56.1 Å². The van der Waals surface area contributed by atoms with E-state index < -0.39 is 84.6 Å². The molecule has 6 aliphatic rings. The van der Waals surface area contributed by atoms with Crippen molar-refractivity contribution in [1.29, 1.82) is 0 Å². The monoisotopic (exact) mass is 1140 g/mol. The number of anilines is 1. The Bertz CT molecular complexity index is 2580. The van der Waals surface area contributed by atoms with Crippen molar-refractivity contribution in [3.05, 3.63) is 62.0 Å². The highest BCUT2D eigenvalue weighted by Crippen LogP contribution is 2.47. The first-order chi connectivity index (χ1) is 35.6. The summed E-state index contributed by atoms with van der Waals surface area (Å²) in [5.41, 5.74) is 6.20. The number of imidazole rings is 1. The van der Waals surface area contributed by atoms with Gasteiger partial charge in [-0.2, -0.15) is 0 Å². The molecular formula is C41H65N10O22P3. The van der Waals surface area contributed by atoms with Crippen molar-refractivity contribution in [3.63, 3.8) is 0 Å². The molecule has 0 radical (unpaired) electrons. The first-order valence-corrected chi connectivity index (χ1v) is 28.1. The molecule has 15 N–H and O–H groups in total. The van der Waals surface area contributed by atoms with Crippen LogP contribution in [-0.4, -0.2) is 198 Å². The van der Waals surface area contributed by atoms with Gasteiger partial charge in [-0.25, -0.2) is 28.6 Å². The number of aliphatic hydroxyl groups is 4. The van der Waals surface area contributed by atoms with E-state index in [0.717, 1.165) is 12.8 Å². The lowest BCUT2D eigenvalue weighted by Gasteiger charge is -2.34. The second-order valence-electron chi connectivity index (χ2n) is 18.5. The number of aromatic nitrogens is 4. The molecule has 2 aromatic rings. The summed E-state index contributed by atoms with van der Waals surface area (Å²) >= 11 is 0. The number of ether oxygens (including phenoxy) is 4. The third-order valence-corrected chi connectivity index (χ3v) is 14.0. The van der Waals surface area contributed by atoms with Crippen molar-refractivity contribution >= 4 is 52.3 Å². The van der Waals surface area contributed by atoms with Gasteiger partial charge < -0.3 is 100 Å². The molecule has 32 nitrogen and oxygen atoms in total. The Kier molecular flexibility index (Phi) is 20.7. The van der Waals surface area contributed by atoms with Crippen LogP contribution in [0.2, 0.25) is 0 Å². The average molecular weight is 1140 g/mol. The molecule has 6 heterocycles. The number of carbonyl (C=O) groups is 2. The number of fused-ring (bicyclic) bond motifs is 2. The van der Waals surface area contributed by atoms with Gasteiger partial charge in [0.05, 0.1) is 50.4 Å². The fraction of sp³-hybridized carbons (Fsp3) is 0.634. The van der Waals surface area contributed by atoms with Crippen LogP contribution >= 0.6 is 23.5 Å². The smallest absolute Gasteiger partial charge is 0.390 e. The fourth-order valence-electron chi connectivity index (χ4n) is 9.12. The highest BCUT2D eigenvalue weighted by Gasteiger charge is 2.56. The van der Waals surface area contributed by atoms with Crippen LogP contribution in [-0.2, 0) is 55.8 Å². The summed E-state index contributed by atoms with van der Waals surface area (Å²) in [4.78, 5) is 91.4. The Balaban J connectivity index is 0.000000189. The summed E-state index contributed by atoms with van der Waals surface area (Å²) in [6.45, 7) is 12.3. The van der Waals surface area contributed by atoms with Crippen LogP contribution in [0.3, 0.4) is 0 Å². The quantitative estimate of drug-likeness (QED) is 0.0493. The third kappa shape index (κ3) is 16.4. The van der Waals surface area contributed by atoms with E-state index in [2.05, 4.69) is 57.6 Å². The summed E-state index contributed by atoms with van der Waals surface area (Å²) < 4.78 is 70.3. The number of amides is 2. The maximum absolute atomic E-state index is 11.4. The van der Waals surface area contributed by atoms with Crippen molar-refractivity contribution in [3.8, 4) is 0 Å². The minimum absolute atomic E-state index is 0.141. The highest BCUT2D eigenvalue weighted by atomic mass is 31.2. The Morgan fingerprint density at radius 1 is 0.750 bits per heavy atom. The first-order valence-electron chi connectivity index (χ1n) is 23.5. The minimum Gasteiger partial charge on any atom is -0.390 e. The number of phosphoric acid groups is 3. The largest absolute Gasteiger partial charge is 0.469 e. The van der Waals surface area contributed by atoms with Gasteiger partial charge in [-0.05, 0) is 46.1 Å². The van der Waals surface area contributed by atoms with Gasteiger partial charge in [0.1, 0.15) is 48.5 Å². The van der Waals surface area contributed by atoms with Gasteiger partial charge in [0.25, 0.3) is 11.8 Å². The number of hydrogen-bond donors (Lipinski definition) is 14. The Morgan fingerprint density at radius 2 is 1.30 bits per heavy atom. The van der Waals surface area contributed by atoms with Gasteiger partial charge in [-0.15, -0.1) is 0 Å². The molecule has 0 aromatic carbocycles. The summed E-state index contributed by atoms with van der Waals surface area (Å²) in [5, 5.41) is 48.8. The molecule has 2 amide bonds. The molecule has 426 valence electrons. The van der Waals surface area contributed by atoms with E-state index in [4.69, 9.17) is 54.0 Å². The summed E-state index contributed by atoms with van der Waals surface area (Å²) in [5.74, 6) is -1.13. The summed E-state index contributed by atoms with van der Waals surface area (Å²) in [6.07, 6.45) is 2.63. The molecule has 2 aliphatic carbocycles. The predicted molar refractivity (Wildman–Crippen MR) is 259 cm³/mol. The fourth-order valence-corrected chi connectivity index (χ4v) is 10.2. The lowest BCUT2D eigenvalue weighted by molar-refractivity contribution is -0.162. The van der Waals surface area contributed by atoms with Crippen molar-refractivity contribution in [2.45, 2.75) is 106 Å². The molecule has 2 saturated heterocycles. The normalized spacial score (nSPS) is 30.2. The second-order valence-corrected chi connectivity index (χ2v) is 22.2. The molecule has 76 heavy (non-hydrogen) atoms. The number of rotatable bonds is 20. The standard InChI is InChI=1S/C16H27N6O8P.C14H21N2O7P.C11H17N2O7P/c17-3-1-5-28-6-2-4-18-14-11-15(20-8-19-14)22(9-21-11)16-13(24)12(23)10(30-16)7-29-31(25,26)27;1-8-15-11(17)4-5-16(8)10-6-9(7-21-24(18,19)20)12-13(10)23-14(2,3)22-12;1-6-12-9(14)2-3-13(6)8-4-7(10(15)11(8)16)5-20-21(17,18)19/h8-10,12-13,16,23-24H,1-7,17H2,(H,18,19,20)(H2,25,26,27);4-5,9-10,12-13H,1,6-7H2,2-3H3,(H,15,17)(H2,18,19,20);2-3,7-8,10-11,15-16H,1,4-5H2,(H,12,14)(H2,17,18,19)/t10-,12-,13-,16-;9-,10-,12-,13?;7-,8-,10-,11+/m111/s1. The summed E-state index contributed by atoms with van der Waals surface area (Å²) in [7, 11) is -13.9. The van der Waals surface area contributed by atoms with Gasteiger partial charge in [-0.3, -0.25) is 27.7 Å². The third-order valence-electron chi connectivity index (χ3n) is 12.5. The lowest BCUT2D eigenvalue weighted by Crippen LogP contribution is -2.45. The Labute approximate surface area is 434 Å². The highest BCUT2D eigenvalue weighted by molar-refractivity contribution is 7.46. The SMILES string of the molecule is C=C1NC(=O)C=CN1[C@@H]1C[C@H](COP(=O)(O)O)[C@@H](O)[C@H]1O.C=C1NC(=O)C=CN1[C@@H]1C[C@H](COP(=O)(O)O)[C@H]2OC(C)(C)OC12.NCCCOCCCNc1ncnc2c1ncn2[C@@H]1O[C@H](COP(=O)(O)O)[C@@H](O)[C@H]1O.